The van der Waals surface area contributed by atoms with Gasteiger partial charge in [-0.25, -0.2) is 0 Å². The molecule has 0 atom stereocenters. The van der Waals surface area contributed by atoms with Gasteiger partial charge in [-0.15, -0.1) is 12.4 Å². The first-order valence-corrected chi connectivity index (χ1v) is 9.67. The molecule has 134 valence electrons. The van der Waals surface area contributed by atoms with Gasteiger partial charge in [0.2, 0.25) is 5.91 Å². The normalized spacial score (nSPS) is 18.3. The number of nitrogens with zero attached hydrogens (tertiary/aromatic N) is 1. The van der Waals surface area contributed by atoms with Gasteiger partial charge in [0, 0.05) is 30.0 Å². The summed E-state index contributed by atoms with van der Waals surface area (Å²) in [7, 11) is 0. The van der Waals surface area contributed by atoms with Crippen LogP contribution >= 0.6 is 28.3 Å². The number of hydrogen-bond acceptors (Lipinski definition) is 2. The highest BCUT2D eigenvalue weighted by atomic mass is 79.9. The lowest BCUT2D eigenvalue weighted by Crippen LogP contribution is -2.45. The van der Waals surface area contributed by atoms with Crippen LogP contribution in [0.4, 0.5) is 0 Å². The van der Waals surface area contributed by atoms with Gasteiger partial charge in [-0.3, -0.25) is 4.79 Å². The number of aryl methyl sites for hydroxylation is 2. The van der Waals surface area contributed by atoms with Crippen LogP contribution in [0.5, 0.6) is 0 Å². The van der Waals surface area contributed by atoms with Crippen LogP contribution in [0.2, 0.25) is 0 Å². The molecular formula is C19H28BrClN2O. The maximum atomic E-state index is 12.4. The van der Waals surface area contributed by atoms with Crippen molar-refractivity contribution >= 4 is 34.2 Å². The number of nitrogens with one attached hydrogen (secondary N) is 1. The molecule has 1 amide bonds. The molecule has 1 heterocycles. The summed E-state index contributed by atoms with van der Waals surface area (Å²) >= 11 is 3.52. The van der Waals surface area contributed by atoms with E-state index >= 15 is 0 Å². The Kier molecular flexibility index (Phi) is 7.58. The van der Waals surface area contributed by atoms with E-state index in [-0.39, 0.29) is 12.4 Å². The maximum Gasteiger partial charge on any atom is 0.222 e. The maximum absolute atomic E-state index is 12.4. The second-order valence-electron chi connectivity index (χ2n) is 7.09. The van der Waals surface area contributed by atoms with Gasteiger partial charge in [0.1, 0.15) is 0 Å². The van der Waals surface area contributed by atoms with Crippen molar-refractivity contribution in [2.75, 3.05) is 19.6 Å². The van der Waals surface area contributed by atoms with Crippen molar-refractivity contribution in [2.24, 2.45) is 5.92 Å². The van der Waals surface area contributed by atoms with E-state index in [1.165, 1.54) is 30.5 Å². The number of amides is 1. The second kappa shape index (κ2) is 9.21. The fraction of sp³-hybridized carbons (Fsp3) is 0.632. The smallest absolute Gasteiger partial charge is 0.222 e. The van der Waals surface area contributed by atoms with Crippen molar-refractivity contribution in [3.8, 4) is 0 Å². The zero-order valence-corrected chi connectivity index (χ0v) is 16.8. The highest BCUT2D eigenvalue weighted by Gasteiger charge is 2.25. The molecule has 1 saturated carbocycles. The average Bonchev–Trinajstić information content (AvgIpc) is 3.38. The Hall–Kier alpha value is -0.580. The molecule has 0 spiro atoms. The van der Waals surface area contributed by atoms with Gasteiger partial charge in [-0.1, -0.05) is 28.1 Å². The summed E-state index contributed by atoms with van der Waals surface area (Å²) in [6.45, 7) is 5.11. The molecule has 2 fully saturated rings. The van der Waals surface area contributed by atoms with Crippen LogP contribution in [-0.4, -0.2) is 36.5 Å². The van der Waals surface area contributed by atoms with Crippen LogP contribution in [0, 0.1) is 12.8 Å². The van der Waals surface area contributed by atoms with Crippen LogP contribution in [-0.2, 0) is 11.2 Å². The van der Waals surface area contributed by atoms with Crippen LogP contribution in [0.1, 0.15) is 43.2 Å². The molecule has 1 N–H and O–H groups in total. The van der Waals surface area contributed by atoms with E-state index in [0.29, 0.717) is 18.4 Å². The van der Waals surface area contributed by atoms with Crippen molar-refractivity contribution in [3.05, 3.63) is 33.8 Å². The highest BCUT2D eigenvalue weighted by Crippen LogP contribution is 2.28. The van der Waals surface area contributed by atoms with Crippen LogP contribution in [0.15, 0.2) is 22.7 Å². The molecule has 0 unspecified atom stereocenters. The molecule has 0 radical (unpaired) electrons. The third-order valence-corrected chi connectivity index (χ3v) is 5.98. The number of halogens is 2. The van der Waals surface area contributed by atoms with Crippen LogP contribution in [0.25, 0.3) is 0 Å². The van der Waals surface area contributed by atoms with E-state index in [2.05, 4.69) is 51.3 Å². The first kappa shape index (κ1) is 19.7. The van der Waals surface area contributed by atoms with Gasteiger partial charge in [0.15, 0.2) is 0 Å². The van der Waals surface area contributed by atoms with Gasteiger partial charge < -0.3 is 10.2 Å². The number of rotatable bonds is 6. The largest absolute Gasteiger partial charge is 0.343 e. The molecule has 1 aliphatic carbocycles. The van der Waals surface area contributed by atoms with Crippen molar-refractivity contribution in [2.45, 2.75) is 51.5 Å². The molecule has 24 heavy (non-hydrogen) atoms. The standard InChI is InChI=1S/C19H27BrN2O.ClH/c1-14-12-15(4-6-18(14)20)5-7-19(23)22-10-8-17(9-11-22)21-13-16-2-3-16;/h4,6,12,16-17,21H,2-3,5,7-11,13H2,1H3;1H. The Balaban J connectivity index is 0.00000208. The summed E-state index contributed by atoms with van der Waals surface area (Å²) < 4.78 is 1.13. The molecular weight excluding hydrogens is 388 g/mol. The Morgan fingerprint density at radius 3 is 2.58 bits per heavy atom. The Morgan fingerprint density at radius 2 is 1.96 bits per heavy atom. The predicted molar refractivity (Wildman–Crippen MR) is 105 cm³/mol. The molecule has 3 rings (SSSR count). The first-order chi connectivity index (χ1) is 11.1. The van der Waals surface area contributed by atoms with Crippen molar-refractivity contribution in [1.29, 1.82) is 0 Å². The molecule has 0 bridgehead atoms. The lowest BCUT2D eigenvalue weighted by Gasteiger charge is -2.32. The predicted octanol–water partition coefficient (Wildman–Crippen LogP) is 4.10. The van der Waals surface area contributed by atoms with E-state index in [9.17, 15) is 4.79 Å². The van der Waals surface area contributed by atoms with Crippen molar-refractivity contribution in [3.63, 3.8) is 0 Å². The lowest BCUT2D eigenvalue weighted by molar-refractivity contribution is -0.132. The van der Waals surface area contributed by atoms with E-state index in [4.69, 9.17) is 0 Å². The van der Waals surface area contributed by atoms with Gasteiger partial charge in [0.25, 0.3) is 0 Å². The number of likely N-dealkylation sites (tertiary alicyclic amines) is 1. The van der Waals surface area contributed by atoms with Crippen molar-refractivity contribution in [1.82, 2.24) is 10.2 Å². The molecule has 1 saturated heterocycles. The van der Waals surface area contributed by atoms with E-state index in [1.54, 1.807) is 0 Å². The summed E-state index contributed by atoms with van der Waals surface area (Å²) in [5.74, 6) is 1.25. The Morgan fingerprint density at radius 1 is 1.25 bits per heavy atom. The van der Waals surface area contributed by atoms with Gasteiger partial charge in [-0.2, -0.15) is 0 Å². The zero-order valence-electron chi connectivity index (χ0n) is 14.4. The topological polar surface area (TPSA) is 32.3 Å². The minimum Gasteiger partial charge on any atom is -0.343 e. The third-order valence-electron chi connectivity index (χ3n) is 5.09. The third kappa shape index (κ3) is 5.75. The molecule has 2 aliphatic rings. The summed E-state index contributed by atoms with van der Waals surface area (Å²) in [6.07, 6.45) is 6.49. The number of carbonyl (C=O) groups excluding carboxylic acids is 1. The van der Waals surface area contributed by atoms with E-state index < -0.39 is 0 Å². The van der Waals surface area contributed by atoms with Gasteiger partial charge in [0.05, 0.1) is 0 Å². The molecule has 5 heteroatoms. The summed E-state index contributed by atoms with van der Waals surface area (Å²) in [4.78, 5) is 14.5. The van der Waals surface area contributed by atoms with E-state index in [0.717, 1.165) is 42.7 Å². The second-order valence-corrected chi connectivity index (χ2v) is 7.94. The SMILES string of the molecule is Cc1cc(CCC(=O)N2CCC(NCC3CC3)CC2)ccc1Br.Cl. The van der Waals surface area contributed by atoms with Crippen LogP contribution < -0.4 is 5.32 Å². The zero-order chi connectivity index (χ0) is 16.2. The summed E-state index contributed by atoms with van der Waals surface area (Å²) in [5.41, 5.74) is 2.48. The Bertz CT molecular complexity index is 554. The summed E-state index contributed by atoms with van der Waals surface area (Å²) in [6, 6.07) is 6.98. The van der Waals surface area contributed by atoms with Gasteiger partial charge in [-0.05, 0) is 68.7 Å². The number of carbonyl (C=O) groups is 1. The van der Waals surface area contributed by atoms with Gasteiger partial charge >= 0.3 is 0 Å². The monoisotopic (exact) mass is 414 g/mol. The fourth-order valence-corrected chi connectivity index (χ4v) is 3.51. The number of piperidine rings is 1. The van der Waals surface area contributed by atoms with Crippen LogP contribution in [0.3, 0.4) is 0 Å². The molecule has 1 aromatic rings. The highest BCUT2D eigenvalue weighted by molar-refractivity contribution is 9.10. The molecule has 3 nitrogen and oxygen atoms in total. The number of hydrogen-bond donors (Lipinski definition) is 1. The average molecular weight is 416 g/mol. The van der Waals surface area contributed by atoms with E-state index in [1.807, 2.05) is 0 Å². The Labute approximate surface area is 160 Å². The molecule has 1 aromatic carbocycles. The molecule has 0 aromatic heterocycles. The summed E-state index contributed by atoms with van der Waals surface area (Å²) in [5, 5.41) is 3.67. The number of benzene rings is 1. The minimum absolute atomic E-state index is 0. The minimum atomic E-state index is 0. The quantitative estimate of drug-likeness (QED) is 0.758. The van der Waals surface area contributed by atoms with Crippen molar-refractivity contribution < 1.29 is 4.79 Å². The molecule has 1 aliphatic heterocycles. The fourth-order valence-electron chi connectivity index (χ4n) is 3.26. The lowest BCUT2D eigenvalue weighted by atomic mass is 10.0. The first-order valence-electron chi connectivity index (χ1n) is 8.88.